The van der Waals surface area contributed by atoms with Gasteiger partial charge in [0.25, 0.3) is 11.8 Å². The van der Waals surface area contributed by atoms with Crippen molar-refractivity contribution in [2.24, 2.45) is 7.05 Å². The number of aromatic nitrogens is 3. The molecule has 2 amide bonds. The summed E-state index contributed by atoms with van der Waals surface area (Å²) in [6, 6.07) is 18.6. The van der Waals surface area contributed by atoms with E-state index in [4.69, 9.17) is 0 Å². The maximum absolute atomic E-state index is 13.5. The highest BCUT2D eigenvalue weighted by atomic mass is 32.2. The normalized spacial score (nSPS) is 14.8. The number of halogens is 1. The van der Waals surface area contributed by atoms with Crippen LogP contribution in [-0.4, -0.2) is 37.3 Å². The van der Waals surface area contributed by atoms with Crippen LogP contribution in [0.1, 0.15) is 32.7 Å². The van der Waals surface area contributed by atoms with Crippen LogP contribution in [-0.2, 0) is 18.4 Å². The van der Waals surface area contributed by atoms with Crippen LogP contribution in [0.25, 0.3) is 5.70 Å². The highest BCUT2D eigenvalue weighted by Gasteiger charge is 2.31. The molecule has 8 nitrogen and oxygen atoms in total. The molecule has 1 atom stereocenters. The number of rotatable bonds is 8. The van der Waals surface area contributed by atoms with Crippen molar-refractivity contribution in [1.29, 1.82) is 0 Å². The minimum Gasteiger partial charge on any atom is -0.345 e. The first kappa shape index (κ1) is 24.7. The second-order valence-electron chi connectivity index (χ2n) is 8.22. The van der Waals surface area contributed by atoms with Gasteiger partial charge in [-0.1, -0.05) is 48.2 Å². The molecule has 1 unspecified atom stereocenters. The van der Waals surface area contributed by atoms with Crippen LogP contribution in [0.4, 0.5) is 4.39 Å². The number of nitrogens with zero attached hydrogens (tertiary/aromatic N) is 4. The van der Waals surface area contributed by atoms with E-state index in [1.54, 1.807) is 64.4 Å². The van der Waals surface area contributed by atoms with Gasteiger partial charge < -0.3 is 9.88 Å². The van der Waals surface area contributed by atoms with Crippen LogP contribution >= 0.6 is 23.1 Å². The van der Waals surface area contributed by atoms with E-state index >= 15 is 0 Å². The van der Waals surface area contributed by atoms with Gasteiger partial charge in [0.2, 0.25) is 0 Å². The minimum atomic E-state index is -0.381. The van der Waals surface area contributed by atoms with Crippen LogP contribution in [0.15, 0.2) is 83.3 Å². The number of thioether (sulfide) groups is 1. The molecule has 1 aliphatic rings. The van der Waals surface area contributed by atoms with Crippen molar-refractivity contribution in [3.05, 3.63) is 106 Å². The van der Waals surface area contributed by atoms with Crippen molar-refractivity contribution in [2.75, 3.05) is 5.75 Å². The Bertz CT molecular complexity index is 1420. The number of benzene rings is 2. The lowest BCUT2D eigenvalue weighted by atomic mass is 10.1. The Balaban J connectivity index is 1.24. The minimum absolute atomic E-state index is 0.110. The average molecular weight is 535 g/mol. The first-order valence-electron chi connectivity index (χ1n) is 11.4. The van der Waals surface area contributed by atoms with Gasteiger partial charge in [0, 0.05) is 12.6 Å². The standard InChI is InChI=1S/C26H23FN6O2S2/c1-32-23(15-28-25(35)18-6-3-2-4-7-18)29-30-26(32)37-16-24(34)33-21(17-9-11-19(27)12-10-17)14-20(31-33)22-8-5-13-36-22/h2-14,21,31H,15-16H2,1H3,(H,28,35). The number of carbonyl (C=O) groups excluding carboxylic acids is 2. The van der Waals surface area contributed by atoms with E-state index in [-0.39, 0.29) is 36.0 Å². The molecule has 0 spiro atoms. The van der Waals surface area contributed by atoms with Crippen molar-refractivity contribution in [2.45, 2.75) is 17.7 Å². The highest BCUT2D eigenvalue weighted by molar-refractivity contribution is 7.99. The molecular weight excluding hydrogens is 511 g/mol. The Morgan fingerprint density at radius 1 is 1.08 bits per heavy atom. The number of hydrogen-bond acceptors (Lipinski definition) is 7. The monoisotopic (exact) mass is 534 g/mol. The van der Waals surface area contributed by atoms with Crippen molar-refractivity contribution in [3.8, 4) is 0 Å². The van der Waals surface area contributed by atoms with Crippen molar-refractivity contribution >= 4 is 40.6 Å². The van der Waals surface area contributed by atoms with Gasteiger partial charge in [-0.25, -0.2) is 9.40 Å². The summed E-state index contributed by atoms with van der Waals surface area (Å²) in [4.78, 5) is 26.6. The fourth-order valence-corrected chi connectivity index (χ4v) is 5.32. The fraction of sp³-hybridized carbons (Fsp3) is 0.154. The van der Waals surface area contributed by atoms with E-state index < -0.39 is 0 Å². The molecular formula is C26H23FN6O2S2. The molecule has 2 aromatic heterocycles. The van der Waals surface area contributed by atoms with E-state index in [0.29, 0.717) is 16.5 Å². The molecule has 0 saturated heterocycles. The number of thiophene rings is 1. The van der Waals surface area contributed by atoms with Gasteiger partial charge in [-0.05, 0) is 47.4 Å². The summed E-state index contributed by atoms with van der Waals surface area (Å²) < 4.78 is 15.3. The molecule has 37 heavy (non-hydrogen) atoms. The average Bonchev–Trinajstić information content (AvgIpc) is 3.67. The molecule has 5 rings (SSSR count). The van der Waals surface area contributed by atoms with E-state index in [1.807, 2.05) is 29.7 Å². The Kier molecular flexibility index (Phi) is 7.33. The highest BCUT2D eigenvalue weighted by Crippen LogP contribution is 2.33. The predicted octanol–water partition coefficient (Wildman–Crippen LogP) is 4.17. The van der Waals surface area contributed by atoms with Gasteiger partial charge in [0.05, 0.1) is 28.9 Å². The third-order valence-electron chi connectivity index (χ3n) is 5.80. The van der Waals surface area contributed by atoms with Gasteiger partial charge in [-0.15, -0.1) is 21.5 Å². The molecule has 0 fully saturated rings. The molecule has 0 aliphatic carbocycles. The smallest absolute Gasteiger partial charge is 0.252 e. The molecule has 1 aliphatic heterocycles. The summed E-state index contributed by atoms with van der Waals surface area (Å²) in [6.45, 7) is 0.208. The maximum atomic E-state index is 13.5. The summed E-state index contributed by atoms with van der Waals surface area (Å²) in [5, 5.41) is 15.3. The van der Waals surface area contributed by atoms with E-state index in [1.165, 1.54) is 23.9 Å². The van der Waals surface area contributed by atoms with E-state index in [9.17, 15) is 14.0 Å². The third kappa shape index (κ3) is 5.57. The Hall–Kier alpha value is -3.96. The third-order valence-corrected chi connectivity index (χ3v) is 7.71. The van der Waals surface area contributed by atoms with Gasteiger partial charge in [0.15, 0.2) is 11.0 Å². The number of hydrazine groups is 1. The maximum Gasteiger partial charge on any atom is 0.252 e. The Morgan fingerprint density at radius 3 is 2.59 bits per heavy atom. The van der Waals surface area contributed by atoms with Crippen molar-refractivity contribution in [1.82, 2.24) is 30.5 Å². The second kappa shape index (κ2) is 11.0. The lowest BCUT2D eigenvalue weighted by Gasteiger charge is -2.25. The molecule has 0 bridgehead atoms. The molecule has 188 valence electrons. The number of carbonyl (C=O) groups is 2. The zero-order valence-electron chi connectivity index (χ0n) is 19.8. The predicted molar refractivity (Wildman–Crippen MR) is 141 cm³/mol. The topological polar surface area (TPSA) is 92.1 Å². The molecule has 0 saturated carbocycles. The fourth-order valence-electron chi connectivity index (χ4n) is 3.83. The quantitative estimate of drug-likeness (QED) is 0.330. The molecule has 11 heteroatoms. The van der Waals surface area contributed by atoms with Crippen LogP contribution in [0.3, 0.4) is 0 Å². The van der Waals surface area contributed by atoms with Crippen molar-refractivity contribution < 1.29 is 14.0 Å². The lowest BCUT2D eigenvalue weighted by molar-refractivity contribution is -0.131. The largest absolute Gasteiger partial charge is 0.345 e. The summed E-state index contributed by atoms with van der Waals surface area (Å²) in [7, 11) is 1.79. The lowest BCUT2D eigenvalue weighted by Crippen LogP contribution is -2.40. The molecule has 4 aromatic rings. The van der Waals surface area contributed by atoms with Crippen LogP contribution < -0.4 is 10.7 Å². The number of amides is 2. The Labute approximate surface area is 221 Å². The van der Waals surface area contributed by atoms with E-state index in [0.717, 1.165) is 16.1 Å². The first-order valence-corrected chi connectivity index (χ1v) is 13.3. The van der Waals surface area contributed by atoms with Crippen LogP contribution in [0.2, 0.25) is 0 Å². The summed E-state index contributed by atoms with van der Waals surface area (Å²) in [6.07, 6.45) is 1.97. The number of hydrogen-bond donors (Lipinski definition) is 2. The number of nitrogens with one attached hydrogen (secondary N) is 2. The molecule has 2 aromatic carbocycles. The van der Waals surface area contributed by atoms with Gasteiger partial charge in [0.1, 0.15) is 5.82 Å². The molecule has 3 heterocycles. The molecule has 2 N–H and O–H groups in total. The summed E-state index contributed by atoms with van der Waals surface area (Å²) in [5.74, 6) is -0.00968. The van der Waals surface area contributed by atoms with Gasteiger partial charge in [-0.2, -0.15) is 0 Å². The van der Waals surface area contributed by atoms with Gasteiger partial charge >= 0.3 is 0 Å². The first-order chi connectivity index (χ1) is 18.0. The second-order valence-corrected chi connectivity index (χ2v) is 10.1. The van der Waals surface area contributed by atoms with Crippen molar-refractivity contribution in [3.63, 3.8) is 0 Å². The van der Waals surface area contributed by atoms with Crippen LogP contribution in [0, 0.1) is 5.82 Å². The Morgan fingerprint density at radius 2 is 1.86 bits per heavy atom. The van der Waals surface area contributed by atoms with Crippen LogP contribution in [0.5, 0.6) is 0 Å². The zero-order valence-corrected chi connectivity index (χ0v) is 21.4. The van der Waals surface area contributed by atoms with E-state index in [2.05, 4.69) is 20.9 Å². The molecule has 0 radical (unpaired) electrons. The zero-order chi connectivity index (χ0) is 25.8. The SMILES string of the molecule is Cn1c(CNC(=O)c2ccccc2)nnc1SCC(=O)N1NC(c2cccs2)=CC1c1ccc(F)cc1. The summed E-state index contributed by atoms with van der Waals surface area (Å²) in [5.41, 5.74) is 5.41. The summed E-state index contributed by atoms with van der Waals surface area (Å²) >= 11 is 2.82. The van der Waals surface area contributed by atoms with Gasteiger partial charge in [-0.3, -0.25) is 15.0 Å².